The summed E-state index contributed by atoms with van der Waals surface area (Å²) in [6, 6.07) is 0.194. The van der Waals surface area contributed by atoms with Crippen molar-refractivity contribution in [1.29, 1.82) is 0 Å². The lowest BCUT2D eigenvalue weighted by Crippen LogP contribution is -2.40. The zero-order valence-electron chi connectivity index (χ0n) is 8.84. The average molecular weight is 173 g/mol. The van der Waals surface area contributed by atoms with Crippen LogP contribution in [-0.4, -0.2) is 18.8 Å². The van der Waals surface area contributed by atoms with Crippen LogP contribution in [0.25, 0.3) is 0 Å². The van der Waals surface area contributed by atoms with Gasteiger partial charge in [-0.15, -0.1) is 0 Å². The molecule has 74 valence electrons. The summed E-state index contributed by atoms with van der Waals surface area (Å²) in [6.07, 6.45) is 2.49. The Bertz CT molecular complexity index is 102. The molecule has 0 bridgehead atoms. The van der Waals surface area contributed by atoms with Crippen molar-refractivity contribution in [2.45, 2.75) is 52.7 Å². The van der Waals surface area contributed by atoms with E-state index in [9.17, 15) is 0 Å². The summed E-state index contributed by atoms with van der Waals surface area (Å²) >= 11 is 0. The standard InChI is InChI=1S/C10H23NO/c1-5-9(6-2)10(11)8(4)12-7-3/h8-10H,5-7,11H2,1-4H3. The number of hydrogen-bond acceptors (Lipinski definition) is 2. The van der Waals surface area contributed by atoms with E-state index >= 15 is 0 Å². The van der Waals surface area contributed by atoms with Crippen LogP contribution in [0.2, 0.25) is 0 Å². The van der Waals surface area contributed by atoms with Gasteiger partial charge in [-0.1, -0.05) is 26.7 Å². The number of hydrogen-bond donors (Lipinski definition) is 1. The van der Waals surface area contributed by atoms with Crippen LogP contribution in [0.5, 0.6) is 0 Å². The lowest BCUT2D eigenvalue weighted by atomic mass is 9.91. The minimum Gasteiger partial charge on any atom is -0.377 e. The first-order chi connectivity index (χ1) is 5.67. The Labute approximate surface area is 76.5 Å². The van der Waals surface area contributed by atoms with Crippen LogP contribution in [0.15, 0.2) is 0 Å². The van der Waals surface area contributed by atoms with E-state index in [4.69, 9.17) is 10.5 Å². The molecule has 0 aliphatic heterocycles. The summed E-state index contributed by atoms with van der Waals surface area (Å²) in [5, 5.41) is 0. The van der Waals surface area contributed by atoms with Crippen LogP contribution < -0.4 is 5.73 Å². The Morgan fingerprint density at radius 2 is 1.67 bits per heavy atom. The van der Waals surface area contributed by atoms with E-state index in [1.807, 2.05) is 6.92 Å². The molecular formula is C10H23NO. The predicted octanol–water partition coefficient (Wildman–Crippen LogP) is 2.17. The van der Waals surface area contributed by atoms with Gasteiger partial charge in [-0.3, -0.25) is 0 Å². The Kier molecular flexibility index (Phi) is 6.39. The molecular weight excluding hydrogens is 150 g/mol. The fourth-order valence-corrected chi connectivity index (χ4v) is 1.59. The lowest BCUT2D eigenvalue weighted by molar-refractivity contribution is 0.0408. The Balaban J connectivity index is 3.87. The van der Waals surface area contributed by atoms with Crippen molar-refractivity contribution in [3.63, 3.8) is 0 Å². The molecule has 0 saturated heterocycles. The van der Waals surface area contributed by atoms with Gasteiger partial charge in [-0.25, -0.2) is 0 Å². The lowest BCUT2D eigenvalue weighted by Gasteiger charge is -2.26. The summed E-state index contributed by atoms with van der Waals surface area (Å²) in [4.78, 5) is 0. The van der Waals surface area contributed by atoms with Gasteiger partial charge in [0.05, 0.1) is 6.10 Å². The van der Waals surface area contributed by atoms with Crippen molar-refractivity contribution in [2.24, 2.45) is 11.7 Å². The summed E-state index contributed by atoms with van der Waals surface area (Å²) in [6.45, 7) is 9.21. The molecule has 2 N–H and O–H groups in total. The second-order valence-electron chi connectivity index (χ2n) is 3.31. The fraction of sp³-hybridized carbons (Fsp3) is 1.00. The van der Waals surface area contributed by atoms with Crippen molar-refractivity contribution < 1.29 is 4.74 Å². The highest BCUT2D eigenvalue weighted by atomic mass is 16.5. The zero-order valence-corrected chi connectivity index (χ0v) is 8.84. The smallest absolute Gasteiger partial charge is 0.0700 e. The molecule has 0 saturated carbocycles. The molecule has 0 aromatic rings. The van der Waals surface area contributed by atoms with Gasteiger partial charge in [0.25, 0.3) is 0 Å². The average Bonchev–Trinajstić information content (AvgIpc) is 2.07. The molecule has 12 heavy (non-hydrogen) atoms. The Morgan fingerprint density at radius 1 is 1.17 bits per heavy atom. The summed E-state index contributed by atoms with van der Waals surface area (Å²) in [7, 11) is 0. The third kappa shape index (κ3) is 3.55. The highest BCUT2D eigenvalue weighted by Gasteiger charge is 2.20. The minimum atomic E-state index is 0.194. The third-order valence-electron chi connectivity index (χ3n) is 2.56. The van der Waals surface area contributed by atoms with E-state index in [2.05, 4.69) is 20.8 Å². The normalized spacial score (nSPS) is 16.5. The third-order valence-corrected chi connectivity index (χ3v) is 2.56. The maximum absolute atomic E-state index is 6.04. The van der Waals surface area contributed by atoms with Crippen molar-refractivity contribution in [3.8, 4) is 0 Å². The van der Waals surface area contributed by atoms with E-state index < -0.39 is 0 Å². The number of rotatable bonds is 6. The van der Waals surface area contributed by atoms with Gasteiger partial charge in [-0.05, 0) is 19.8 Å². The van der Waals surface area contributed by atoms with Gasteiger partial charge in [-0.2, -0.15) is 0 Å². The molecule has 0 rings (SSSR count). The summed E-state index contributed by atoms with van der Waals surface area (Å²) in [5.74, 6) is 0.603. The number of nitrogens with two attached hydrogens (primary N) is 1. The molecule has 0 aromatic carbocycles. The van der Waals surface area contributed by atoms with E-state index in [0.29, 0.717) is 5.92 Å². The monoisotopic (exact) mass is 173 g/mol. The first kappa shape index (κ1) is 11.9. The van der Waals surface area contributed by atoms with Gasteiger partial charge in [0.15, 0.2) is 0 Å². The molecule has 2 unspecified atom stereocenters. The largest absolute Gasteiger partial charge is 0.377 e. The molecule has 0 spiro atoms. The van der Waals surface area contributed by atoms with Gasteiger partial charge < -0.3 is 10.5 Å². The summed E-state index contributed by atoms with van der Waals surface area (Å²) < 4.78 is 5.46. The van der Waals surface area contributed by atoms with Gasteiger partial charge >= 0.3 is 0 Å². The molecule has 0 aliphatic carbocycles. The van der Waals surface area contributed by atoms with E-state index in [1.54, 1.807) is 0 Å². The van der Waals surface area contributed by atoms with Crippen LogP contribution in [0.1, 0.15) is 40.5 Å². The number of ether oxygens (including phenoxy) is 1. The van der Waals surface area contributed by atoms with E-state index in [-0.39, 0.29) is 12.1 Å². The van der Waals surface area contributed by atoms with Crippen LogP contribution in [-0.2, 0) is 4.74 Å². The van der Waals surface area contributed by atoms with Gasteiger partial charge in [0.1, 0.15) is 0 Å². The van der Waals surface area contributed by atoms with Crippen LogP contribution in [0.3, 0.4) is 0 Å². The zero-order chi connectivity index (χ0) is 9.56. The van der Waals surface area contributed by atoms with Crippen molar-refractivity contribution in [2.75, 3.05) is 6.61 Å². The van der Waals surface area contributed by atoms with Crippen molar-refractivity contribution in [1.82, 2.24) is 0 Å². The second kappa shape index (κ2) is 6.44. The molecule has 0 heterocycles. The van der Waals surface area contributed by atoms with Crippen LogP contribution in [0, 0.1) is 5.92 Å². The molecule has 0 radical (unpaired) electrons. The molecule has 2 nitrogen and oxygen atoms in total. The predicted molar refractivity (Wildman–Crippen MR) is 53.1 cm³/mol. The fourth-order valence-electron chi connectivity index (χ4n) is 1.59. The maximum Gasteiger partial charge on any atom is 0.0700 e. The molecule has 0 aliphatic rings. The molecule has 2 atom stereocenters. The minimum absolute atomic E-state index is 0.194. The van der Waals surface area contributed by atoms with Crippen LogP contribution in [0.4, 0.5) is 0 Å². The van der Waals surface area contributed by atoms with Crippen molar-refractivity contribution in [3.05, 3.63) is 0 Å². The molecule has 0 amide bonds. The second-order valence-corrected chi connectivity index (χ2v) is 3.31. The SMILES string of the molecule is CCOC(C)C(N)C(CC)CC. The summed E-state index contributed by atoms with van der Waals surface area (Å²) in [5.41, 5.74) is 6.04. The first-order valence-electron chi connectivity index (χ1n) is 5.04. The van der Waals surface area contributed by atoms with Crippen molar-refractivity contribution >= 4 is 0 Å². The highest BCUT2D eigenvalue weighted by Crippen LogP contribution is 2.15. The highest BCUT2D eigenvalue weighted by molar-refractivity contribution is 4.76. The Morgan fingerprint density at radius 3 is 2.00 bits per heavy atom. The Hall–Kier alpha value is -0.0800. The van der Waals surface area contributed by atoms with Crippen LogP contribution >= 0.6 is 0 Å². The maximum atomic E-state index is 6.04. The van der Waals surface area contributed by atoms with E-state index in [0.717, 1.165) is 19.4 Å². The quantitative estimate of drug-likeness (QED) is 0.668. The molecule has 2 heteroatoms. The van der Waals surface area contributed by atoms with E-state index in [1.165, 1.54) is 0 Å². The molecule has 0 fully saturated rings. The van der Waals surface area contributed by atoms with Gasteiger partial charge in [0, 0.05) is 12.6 Å². The first-order valence-corrected chi connectivity index (χ1v) is 5.04. The van der Waals surface area contributed by atoms with Gasteiger partial charge in [0.2, 0.25) is 0 Å². The topological polar surface area (TPSA) is 35.2 Å². The molecule has 0 aromatic heterocycles.